The van der Waals surface area contributed by atoms with Crippen LogP contribution >= 0.6 is 11.6 Å². The molecule has 1 amide bonds. The number of nitrogens with one attached hydrogen (secondary N) is 2. The number of ether oxygens (including phenoxy) is 1. The zero-order valence-corrected chi connectivity index (χ0v) is 13.1. The minimum absolute atomic E-state index is 0.157. The quantitative estimate of drug-likeness (QED) is 0.543. The van der Waals surface area contributed by atoms with E-state index in [0.29, 0.717) is 11.2 Å². The SMILES string of the molecule is CC(OC(=O)c1ccnc(Cl)c1)C(=O)Nc1ncnc2nc[nH]c12. The molecule has 3 heterocycles. The Labute approximate surface area is 140 Å². The lowest BCUT2D eigenvalue weighted by molar-refractivity contribution is -0.123. The minimum atomic E-state index is -1.04. The van der Waals surface area contributed by atoms with Crippen molar-refractivity contribution in [3.63, 3.8) is 0 Å². The lowest BCUT2D eigenvalue weighted by atomic mass is 10.2. The van der Waals surface area contributed by atoms with Crippen LogP contribution in [-0.2, 0) is 9.53 Å². The van der Waals surface area contributed by atoms with E-state index in [4.69, 9.17) is 16.3 Å². The maximum Gasteiger partial charge on any atom is 0.339 e. The molecule has 0 saturated carbocycles. The Morgan fingerprint density at radius 3 is 2.92 bits per heavy atom. The summed E-state index contributed by atoms with van der Waals surface area (Å²) in [6.07, 6.45) is 3.04. The predicted molar refractivity (Wildman–Crippen MR) is 84.4 cm³/mol. The molecule has 1 unspecified atom stereocenters. The van der Waals surface area contributed by atoms with Gasteiger partial charge in [-0.3, -0.25) is 4.79 Å². The summed E-state index contributed by atoms with van der Waals surface area (Å²) >= 11 is 5.72. The highest BCUT2D eigenvalue weighted by atomic mass is 35.5. The van der Waals surface area contributed by atoms with Crippen LogP contribution in [0.5, 0.6) is 0 Å². The number of nitrogens with zero attached hydrogens (tertiary/aromatic N) is 4. The highest BCUT2D eigenvalue weighted by Crippen LogP contribution is 2.15. The monoisotopic (exact) mass is 346 g/mol. The van der Waals surface area contributed by atoms with Gasteiger partial charge in [0.2, 0.25) is 0 Å². The number of halogens is 1. The van der Waals surface area contributed by atoms with Crippen LogP contribution < -0.4 is 5.32 Å². The average Bonchev–Trinajstić information content (AvgIpc) is 3.04. The van der Waals surface area contributed by atoms with Crippen LogP contribution in [0.25, 0.3) is 11.2 Å². The first-order chi connectivity index (χ1) is 11.5. The van der Waals surface area contributed by atoms with E-state index in [1.165, 1.54) is 37.9 Å². The lowest BCUT2D eigenvalue weighted by Gasteiger charge is -2.13. The molecule has 10 heteroatoms. The second-order valence-electron chi connectivity index (χ2n) is 4.73. The molecule has 3 aromatic rings. The fourth-order valence-corrected chi connectivity index (χ4v) is 2.06. The topological polar surface area (TPSA) is 123 Å². The van der Waals surface area contributed by atoms with Crippen molar-refractivity contribution in [2.24, 2.45) is 0 Å². The maximum absolute atomic E-state index is 12.2. The number of hydrogen-bond acceptors (Lipinski definition) is 7. The second kappa shape index (κ2) is 6.59. The predicted octanol–water partition coefficient (Wildman–Crippen LogP) is 1.59. The van der Waals surface area contributed by atoms with E-state index in [9.17, 15) is 9.59 Å². The number of hydrogen-bond donors (Lipinski definition) is 2. The molecule has 2 N–H and O–H groups in total. The first kappa shape index (κ1) is 15.8. The first-order valence-corrected chi connectivity index (χ1v) is 7.20. The summed E-state index contributed by atoms with van der Waals surface area (Å²) < 4.78 is 5.11. The van der Waals surface area contributed by atoms with Crippen LogP contribution in [0.4, 0.5) is 5.82 Å². The van der Waals surface area contributed by atoms with Crippen molar-refractivity contribution in [1.29, 1.82) is 0 Å². The summed E-state index contributed by atoms with van der Waals surface area (Å²) in [6.45, 7) is 1.45. The number of carbonyl (C=O) groups excluding carboxylic acids is 2. The van der Waals surface area contributed by atoms with Gasteiger partial charge in [-0.05, 0) is 19.1 Å². The molecule has 1 atom stereocenters. The number of aromatic nitrogens is 5. The number of fused-ring (bicyclic) bond motifs is 1. The molecule has 0 saturated heterocycles. The molecule has 24 heavy (non-hydrogen) atoms. The molecule has 0 spiro atoms. The number of carbonyl (C=O) groups is 2. The summed E-state index contributed by atoms with van der Waals surface area (Å²) in [5.41, 5.74) is 1.09. The third-order valence-electron chi connectivity index (χ3n) is 3.08. The van der Waals surface area contributed by atoms with Gasteiger partial charge in [0, 0.05) is 6.20 Å². The van der Waals surface area contributed by atoms with Crippen molar-refractivity contribution in [3.8, 4) is 0 Å². The molecule has 0 radical (unpaired) electrons. The standard InChI is InChI=1S/C14H11ClN6O3/c1-7(24-14(23)8-2-3-16-9(15)4-8)13(22)21-12-10-11(18-5-17-10)19-6-20-12/h2-7H,1H3,(H2,17,18,19,20,21,22). The third-order valence-corrected chi connectivity index (χ3v) is 3.29. The van der Waals surface area contributed by atoms with Crippen molar-refractivity contribution < 1.29 is 14.3 Å². The first-order valence-electron chi connectivity index (χ1n) is 6.82. The van der Waals surface area contributed by atoms with Gasteiger partial charge in [-0.1, -0.05) is 11.6 Å². The van der Waals surface area contributed by atoms with Crippen LogP contribution in [0.1, 0.15) is 17.3 Å². The van der Waals surface area contributed by atoms with Crippen LogP contribution in [-0.4, -0.2) is 42.9 Å². The van der Waals surface area contributed by atoms with Crippen molar-refractivity contribution in [2.75, 3.05) is 5.32 Å². The third kappa shape index (κ3) is 3.30. The summed E-state index contributed by atoms with van der Waals surface area (Å²) in [6, 6.07) is 2.80. The number of aromatic amines is 1. The van der Waals surface area contributed by atoms with Crippen LogP contribution in [0.3, 0.4) is 0 Å². The fourth-order valence-electron chi connectivity index (χ4n) is 1.89. The van der Waals surface area contributed by atoms with Crippen molar-refractivity contribution in [3.05, 3.63) is 41.7 Å². The number of anilines is 1. The molecule has 0 aliphatic heterocycles. The zero-order valence-electron chi connectivity index (χ0n) is 12.4. The number of amides is 1. The normalized spacial score (nSPS) is 11.9. The van der Waals surface area contributed by atoms with Crippen LogP contribution in [0.2, 0.25) is 5.15 Å². The van der Waals surface area contributed by atoms with Gasteiger partial charge in [-0.2, -0.15) is 0 Å². The van der Waals surface area contributed by atoms with E-state index in [2.05, 4.69) is 30.2 Å². The molecule has 9 nitrogen and oxygen atoms in total. The maximum atomic E-state index is 12.2. The van der Waals surface area contributed by atoms with Gasteiger partial charge in [0.15, 0.2) is 17.6 Å². The Morgan fingerprint density at radius 1 is 1.29 bits per heavy atom. The summed E-state index contributed by atoms with van der Waals surface area (Å²) in [5, 5.41) is 2.72. The molecular weight excluding hydrogens is 336 g/mol. The smallest absolute Gasteiger partial charge is 0.339 e. The fraction of sp³-hybridized carbons (Fsp3) is 0.143. The average molecular weight is 347 g/mol. The van der Waals surface area contributed by atoms with Crippen molar-refractivity contribution in [2.45, 2.75) is 13.0 Å². The Hall–Kier alpha value is -3.07. The highest BCUT2D eigenvalue weighted by Gasteiger charge is 2.21. The molecule has 0 aromatic carbocycles. The summed E-state index contributed by atoms with van der Waals surface area (Å²) in [7, 11) is 0. The van der Waals surface area contributed by atoms with E-state index < -0.39 is 18.0 Å². The molecule has 0 aliphatic carbocycles. The van der Waals surface area contributed by atoms with E-state index in [1.807, 2.05) is 0 Å². The van der Waals surface area contributed by atoms with Gasteiger partial charge in [0.05, 0.1) is 11.9 Å². The number of imidazole rings is 1. The van der Waals surface area contributed by atoms with E-state index in [-0.39, 0.29) is 16.5 Å². The second-order valence-corrected chi connectivity index (χ2v) is 5.11. The van der Waals surface area contributed by atoms with E-state index >= 15 is 0 Å². The van der Waals surface area contributed by atoms with Crippen LogP contribution in [0.15, 0.2) is 31.0 Å². The number of pyridine rings is 1. The van der Waals surface area contributed by atoms with Gasteiger partial charge in [0.1, 0.15) is 17.0 Å². The van der Waals surface area contributed by atoms with Gasteiger partial charge in [0.25, 0.3) is 5.91 Å². The van der Waals surface area contributed by atoms with Gasteiger partial charge >= 0.3 is 5.97 Å². The number of H-pyrrole nitrogens is 1. The molecule has 0 fully saturated rings. The van der Waals surface area contributed by atoms with E-state index in [0.717, 1.165) is 0 Å². The molecular formula is C14H11ClN6O3. The molecule has 122 valence electrons. The largest absolute Gasteiger partial charge is 0.449 e. The Balaban J connectivity index is 1.69. The van der Waals surface area contributed by atoms with E-state index in [1.54, 1.807) is 0 Å². The molecule has 3 aromatic heterocycles. The van der Waals surface area contributed by atoms with Gasteiger partial charge in [-0.25, -0.2) is 24.7 Å². The van der Waals surface area contributed by atoms with Crippen molar-refractivity contribution in [1.82, 2.24) is 24.9 Å². The molecule has 0 aliphatic rings. The molecule has 3 rings (SSSR count). The number of rotatable bonds is 4. The van der Waals surface area contributed by atoms with Crippen molar-refractivity contribution >= 4 is 40.5 Å². The van der Waals surface area contributed by atoms with Gasteiger partial charge < -0.3 is 15.0 Å². The highest BCUT2D eigenvalue weighted by molar-refractivity contribution is 6.29. The minimum Gasteiger partial charge on any atom is -0.449 e. The number of esters is 1. The van der Waals surface area contributed by atoms with Crippen LogP contribution in [0, 0.1) is 0 Å². The zero-order chi connectivity index (χ0) is 17.1. The Kier molecular flexibility index (Phi) is 4.34. The summed E-state index contributed by atoms with van der Waals surface area (Å²) in [4.78, 5) is 42.7. The Morgan fingerprint density at radius 2 is 2.12 bits per heavy atom. The Bertz CT molecular complexity index is 912. The van der Waals surface area contributed by atoms with Gasteiger partial charge in [-0.15, -0.1) is 0 Å². The summed E-state index contributed by atoms with van der Waals surface area (Å²) in [5.74, 6) is -0.980. The lowest BCUT2D eigenvalue weighted by Crippen LogP contribution is -2.30. The molecule has 0 bridgehead atoms.